The van der Waals surface area contributed by atoms with Crippen molar-refractivity contribution in [3.8, 4) is 5.75 Å². The summed E-state index contributed by atoms with van der Waals surface area (Å²) in [5.41, 5.74) is 6.61. The lowest BCUT2D eigenvalue weighted by molar-refractivity contribution is 0.0383. The maximum absolute atomic E-state index is 12.8. The molecule has 2 atom stereocenters. The molecule has 12 heavy (non-hydrogen) atoms. The van der Waals surface area contributed by atoms with Gasteiger partial charge in [-0.1, -0.05) is 18.2 Å². The highest BCUT2D eigenvalue weighted by molar-refractivity contribution is 5.37. The van der Waals surface area contributed by atoms with E-state index in [4.69, 9.17) is 10.5 Å². The second kappa shape index (κ2) is 2.75. The lowest BCUT2D eigenvalue weighted by atomic mass is 10.0. The average molecular weight is 167 g/mol. The van der Waals surface area contributed by atoms with Crippen molar-refractivity contribution in [3.05, 3.63) is 29.8 Å². The van der Waals surface area contributed by atoms with Crippen LogP contribution in [-0.2, 0) is 0 Å². The van der Waals surface area contributed by atoms with Crippen molar-refractivity contribution in [2.45, 2.75) is 18.8 Å². The number of para-hydroxylation sites is 1. The molecule has 1 aromatic rings. The van der Waals surface area contributed by atoms with Gasteiger partial charge in [0, 0.05) is 18.0 Å². The van der Waals surface area contributed by atoms with E-state index in [0.717, 1.165) is 5.56 Å². The van der Waals surface area contributed by atoms with Crippen LogP contribution in [0.1, 0.15) is 18.0 Å². The molecule has 0 fully saturated rings. The molecule has 64 valence electrons. The first-order valence-corrected chi connectivity index (χ1v) is 3.92. The highest BCUT2D eigenvalue weighted by Crippen LogP contribution is 2.32. The van der Waals surface area contributed by atoms with Gasteiger partial charge in [0.2, 0.25) is 6.36 Å². The van der Waals surface area contributed by atoms with Crippen LogP contribution in [0.15, 0.2) is 24.3 Å². The van der Waals surface area contributed by atoms with Gasteiger partial charge in [-0.15, -0.1) is 0 Å². The summed E-state index contributed by atoms with van der Waals surface area (Å²) in [5.74, 6) is 0.573. The number of alkyl halides is 1. The number of fused-ring (bicyclic) bond motifs is 1. The summed E-state index contributed by atoms with van der Waals surface area (Å²) >= 11 is 0. The molecular weight excluding hydrogens is 157 g/mol. The minimum absolute atomic E-state index is 0.232. The van der Waals surface area contributed by atoms with Crippen molar-refractivity contribution in [2.24, 2.45) is 5.73 Å². The van der Waals surface area contributed by atoms with Crippen molar-refractivity contribution in [1.29, 1.82) is 0 Å². The molecule has 1 heterocycles. The highest BCUT2D eigenvalue weighted by atomic mass is 19.1. The molecule has 0 unspecified atom stereocenters. The van der Waals surface area contributed by atoms with E-state index < -0.39 is 6.36 Å². The summed E-state index contributed by atoms with van der Waals surface area (Å²) in [6, 6.07) is 7.06. The number of nitrogens with two attached hydrogens (primary N) is 1. The van der Waals surface area contributed by atoms with Crippen LogP contribution in [0.25, 0.3) is 0 Å². The quantitative estimate of drug-likeness (QED) is 0.639. The number of ether oxygens (including phenoxy) is 1. The molecule has 2 rings (SSSR count). The van der Waals surface area contributed by atoms with Gasteiger partial charge in [-0.05, 0) is 6.07 Å². The van der Waals surface area contributed by atoms with Gasteiger partial charge in [0.25, 0.3) is 0 Å². The van der Waals surface area contributed by atoms with E-state index >= 15 is 0 Å². The first-order valence-electron chi connectivity index (χ1n) is 3.92. The predicted molar refractivity (Wildman–Crippen MR) is 43.5 cm³/mol. The Labute approximate surface area is 70.1 Å². The summed E-state index contributed by atoms with van der Waals surface area (Å²) in [6.45, 7) is 0. The van der Waals surface area contributed by atoms with Gasteiger partial charge < -0.3 is 10.5 Å². The minimum atomic E-state index is -1.25. The fourth-order valence-electron chi connectivity index (χ4n) is 1.41. The number of benzene rings is 1. The molecular formula is C9H10FNO. The minimum Gasteiger partial charge on any atom is -0.460 e. The highest BCUT2D eigenvalue weighted by Gasteiger charge is 2.24. The van der Waals surface area contributed by atoms with E-state index in [1.165, 1.54) is 0 Å². The van der Waals surface area contributed by atoms with E-state index in [2.05, 4.69) is 0 Å². The van der Waals surface area contributed by atoms with Crippen LogP contribution in [-0.4, -0.2) is 6.36 Å². The summed E-state index contributed by atoms with van der Waals surface area (Å²) in [6.07, 6.45) is -1.01. The molecule has 0 aromatic heterocycles. The zero-order chi connectivity index (χ0) is 8.55. The number of hydrogen-bond acceptors (Lipinski definition) is 2. The SMILES string of the molecule is N[C@@H]1C[C@H](F)Oc2ccccc21. The Morgan fingerprint density at radius 2 is 2.17 bits per heavy atom. The van der Waals surface area contributed by atoms with Crippen molar-refractivity contribution < 1.29 is 9.13 Å². The lowest BCUT2D eigenvalue weighted by Gasteiger charge is -2.25. The van der Waals surface area contributed by atoms with E-state index in [-0.39, 0.29) is 12.5 Å². The van der Waals surface area contributed by atoms with Gasteiger partial charge in [-0.2, -0.15) is 0 Å². The number of hydrogen-bond donors (Lipinski definition) is 1. The average Bonchev–Trinajstić information content (AvgIpc) is 2.04. The Morgan fingerprint density at radius 3 is 3.00 bits per heavy atom. The van der Waals surface area contributed by atoms with E-state index in [1.54, 1.807) is 6.07 Å². The van der Waals surface area contributed by atoms with Crippen molar-refractivity contribution in [3.63, 3.8) is 0 Å². The maximum Gasteiger partial charge on any atom is 0.240 e. The molecule has 0 bridgehead atoms. The molecule has 1 aliphatic heterocycles. The Morgan fingerprint density at radius 1 is 1.42 bits per heavy atom. The van der Waals surface area contributed by atoms with Crippen LogP contribution >= 0.6 is 0 Å². The van der Waals surface area contributed by atoms with Gasteiger partial charge in [0.1, 0.15) is 5.75 Å². The topological polar surface area (TPSA) is 35.2 Å². The number of halogens is 1. The number of rotatable bonds is 0. The van der Waals surface area contributed by atoms with E-state index in [1.807, 2.05) is 18.2 Å². The predicted octanol–water partition coefficient (Wildman–Crippen LogP) is 1.76. The van der Waals surface area contributed by atoms with Crippen LogP contribution in [0.5, 0.6) is 5.75 Å². The zero-order valence-corrected chi connectivity index (χ0v) is 6.53. The van der Waals surface area contributed by atoms with Gasteiger partial charge in [-0.25, -0.2) is 4.39 Å². The third-order valence-corrected chi connectivity index (χ3v) is 2.01. The summed E-state index contributed by atoms with van der Waals surface area (Å²) < 4.78 is 17.8. The van der Waals surface area contributed by atoms with Crippen molar-refractivity contribution >= 4 is 0 Å². The first-order chi connectivity index (χ1) is 5.77. The molecule has 1 aliphatic rings. The largest absolute Gasteiger partial charge is 0.460 e. The Balaban J connectivity index is 2.40. The van der Waals surface area contributed by atoms with Gasteiger partial charge in [0.15, 0.2) is 0 Å². The standard InChI is InChI=1S/C9H10FNO/c10-9-5-7(11)6-3-1-2-4-8(6)12-9/h1-4,7,9H,5,11H2/t7-,9-/m1/s1. The molecule has 0 aliphatic carbocycles. The normalized spacial score (nSPS) is 27.5. The second-order valence-electron chi connectivity index (χ2n) is 2.91. The Hall–Kier alpha value is -1.09. The second-order valence-corrected chi connectivity index (χ2v) is 2.91. The molecule has 0 saturated heterocycles. The molecule has 3 heteroatoms. The molecule has 1 aromatic carbocycles. The third kappa shape index (κ3) is 1.16. The molecule has 2 nitrogen and oxygen atoms in total. The molecule has 0 spiro atoms. The third-order valence-electron chi connectivity index (χ3n) is 2.01. The summed E-state index contributed by atoms with van der Waals surface area (Å²) in [4.78, 5) is 0. The lowest BCUT2D eigenvalue weighted by Crippen LogP contribution is -2.26. The van der Waals surface area contributed by atoms with E-state index in [9.17, 15) is 4.39 Å². The smallest absolute Gasteiger partial charge is 0.240 e. The monoisotopic (exact) mass is 167 g/mol. The van der Waals surface area contributed by atoms with Gasteiger partial charge >= 0.3 is 0 Å². The Bertz CT molecular complexity index is 290. The molecule has 0 radical (unpaired) electrons. The van der Waals surface area contributed by atoms with E-state index in [0.29, 0.717) is 5.75 Å². The van der Waals surface area contributed by atoms with Gasteiger partial charge in [-0.3, -0.25) is 0 Å². The summed E-state index contributed by atoms with van der Waals surface area (Å²) in [7, 11) is 0. The van der Waals surface area contributed by atoms with Crippen LogP contribution in [0.2, 0.25) is 0 Å². The molecule has 0 amide bonds. The van der Waals surface area contributed by atoms with Crippen LogP contribution in [0.4, 0.5) is 4.39 Å². The Kier molecular flexibility index (Phi) is 1.73. The molecule has 2 N–H and O–H groups in total. The van der Waals surface area contributed by atoms with Crippen LogP contribution in [0, 0.1) is 0 Å². The fourth-order valence-corrected chi connectivity index (χ4v) is 1.41. The van der Waals surface area contributed by atoms with Crippen LogP contribution in [0.3, 0.4) is 0 Å². The van der Waals surface area contributed by atoms with Crippen molar-refractivity contribution in [1.82, 2.24) is 0 Å². The maximum atomic E-state index is 12.8. The molecule has 0 saturated carbocycles. The van der Waals surface area contributed by atoms with Crippen LogP contribution < -0.4 is 10.5 Å². The van der Waals surface area contributed by atoms with Crippen molar-refractivity contribution in [2.75, 3.05) is 0 Å². The summed E-state index contributed by atoms with van der Waals surface area (Å²) in [5, 5.41) is 0. The first kappa shape index (κ1) is 7.55. The fraction of sp³-hybridized carbons (Fsp3) is 0.333. The van der Waals surface area contributed by atoms with Gasteiger partial charge in [0.05, 0.1) is 0 Å². The zero-order valence-electron chi connectivity index (χ0n) is 6.53.